The minimum Gasteiger partial charge on any atom is -0.396 e. The Bertz CT molecular complexity index is 227. The van der Waals surface area contributed by atoms with Gasteiger partial charge in [-0.3, -0.25) is 4.55 Å². The molecule has 0 saturated carbocycles. The van der Waals surface area contributed by atoms with Gasteiger partial charge in [0.15, 0.2) is 0 Å². The van der Waals surface area contributed by atoms with Crippen molar-refractivity contribution < 1.29 is 18.1 Å². The van der Waals surface area contributed by atoms with Gasteiger partial charge in [0.2, 0.25) is 0 Å². The minimum absolute atomic E-state index is 0.0424. The first-order valence-electron chi connectivity index (χ1n) is 4.18. The SMILES string of the molecule is C[C@@H](CCO)C(N)CCS(=O)(=O)O. The predicted molar refractivity (Wildman–Crippen MR) is 49.9 cm³/mol. The molecular weight excluding hydrogens is 194 g/mol. The number of aliphatic hydroxyl groups is 1. The van der Waals surface area contributed by atoms with Crippen molar-refractivity contribution in [2.75, 3.05) is 12.4 Å². The van der Waals surface area contributed by atoms with E-state index in [4.69, 9.17) is 15.4 Å². The van der Waals surface area contributed by atoms with Crippen molar-refractivity contribution in [2.45, 2.75) is 25.8 Å². The van der Waals surface area contributed by atoms with E-state index in [1.165, 1.54) is 0 Å². The van der Waals surface area contributed by atoms with Crippen LogP contribution in [0.2, 0.25) is 0 Å². The van der Waals surface area contributed by atoms with Gasteiger partial charge in [-0.05, 0) is 18.8 Å². The summed E-state index contributed by atoms with van der Waals surface area (Å²) in [5.74, 6) is -0.254. The monoisotopic (exact) mass is 211 g/mol. The van der Waals surface area contributed by atoms with E-state index in [1.54, 1.807) is 0 Å². The summed E-state index contributed by atoms with van der Waals surface area (Å²) in [5, 5.41) is 8.59. The van der Waals surface area contributed by atoms with Crippen molar-refractivity contribution in [2.24, 2.45) is 11.7 Å². The molecule has 0 aliphatic heterocycles. The van der Waals surface area contributed by atoms with Gasteiger partial charge >= 0.3 is 0 Å². The van der Waals surface area contributed by atoms with E-state index in [-0.39, 0.29) is 30.7 Å². The first-order chi connectivity index (χ1) is 5.87. The van der Waals surface area contributed by atoms with E-state index in [2.05, 4.69) is 0 Å². The highest BCUT2D eigenvalue weighted by molar-refractivity contribution is 7.85. The fourth-order valence-corrected chi connectivity index (χ4v) is 1.56. The van der Waals surface area contributed by atoms with Gasteiger partial charge in [-0.25, -0.2) is 0 Å². The maximum atomic E-state index is 10.4. The van der Waals surface area contributed by atoms with Crippen LogP contribution in [0.5, 0.6) is 0 Å². The summed E-state index contributed by atoms with van der Waals surface area (Å²) >= 11 is 0. The van der Waals surface area contributed by atoms with Gasteiger partial charge < -0.3 is 10.8 Å². The lowest BCUT2D eigenvalue weighted by atomic mass is 9.98. The fourth-order valence-electron chi connectivity index (χ4n) is 0.987. The van der Waals surface area contributed by atoms with Gasteiger partial charge in [0.25, 0.3) is 10.1 Å². The van der Waals surface area contributed by atoms with Gasteiger partial charge in [0.1, 0.15) is 0 Å². The van der Waals surface area contributed by atoms with Crippen molar-refractivity contribution >= 4 is 10.1 Å². The first kappa shape index (κ1) is 12.8. The summed E-state index contributed by atoms with van der Waals surface area (Å²) in [4.78, 5) is 0. The zero-order valence-corrected chi connectivity index (χ0v) is 8.50. The van der Waals surface area contributed by atoms with E-state index in [9.17, 15) is 8.42 Å². The van der Waals surface area contributed by atoms with E-state index in [0.717, 1.165) is 0 Å². The lowest BCUT2D eigenvalue weighted by Gasteiger charge is -2.17. The lowest BCUT2D eigenvalue weighted by Crippen LogP contribution is -2.31. The largest absolute Gasteiger partial charge is 0.396 e. The summed E-state index contributed by atoms with van der Waals surface area (Å²) in [6, 6.07) is -0.297. The first-order valence-corrected chi connectivity index (χ1v) is 5.79. The van der Waals surface area contributed by atoms with Crippen molar-refractivity contribution in [1.82, 2.24) is 0 Å². The Morgan fingerprint density at radius 2 is 1.92 bits per heavy atom. The topological polar surface area (TPSA) is 101 Å². The highest BCUT2D eigenvalue weighted by Crippen LogP contribution is 2.09. The fraction of sp³-hybridized carbons (Fsp3) is 1.00. The van der Waals surface area contributed by atoms with Gasteiger partial charge in [0.05, 0.1) is 5.75 Å². The van der Waals surface area contributed by atoms with E-state index in [1.807, 2.05) is 6.92 Å². The standard InChI is InChI=1S/C7H17NO4S/c1-6(2-4-9)7(8)3-5-13(10,11)12/h6-7,9H,2-5,8H2,1H3,(H,10,11,12)/t6-,7?/m0/s1. The Hall–Kier alpha value is -0.170. The molecule has 0 rings (SSSR count). The predicted octanol–water partition coefficient (Wildman–Crippen LogP) is -0.390. The molecule has 2 atom stereocenters. The Balaban J connectivity index is 3.80. The summed E-state index contributed by atoms with van der Waals surface area (Å²) in [5.41, 5.74) is 5.62. The van der Waals surface area contributed by atoms with Crippen molar-refractivity contribution in [3.05, 3.63) is 0 Å². The highest BCUT2D eigenvalue weighted by Gasteiger charge is 2.15. The maximum absolute atomic E-state index is 10.4. The molecule has 1 unspecified atom stereocenters. The third-order valence-electron chi connectivity index (χ3n) is 2.02. The third kappa shape index (κ3) is 6.94. The summed E-state index contributed by atoms with van der Waals surface area (Å²) in [7, 11) is -3.91. The molecular formula is C7H17NO4S. The molecule has 80 valence electrons. The zero-order valence-electron chi connectivity index (χ0n) is 7.68. The van der Waals surface area contributed by atoms with Gasteiger partial charge in [0, 0.05) is 12.6 Å². The molecule has 0 radical (unpaired) electrons. The number of rotatable bonds is 6. The number of aliphatic hydroxyl groups excluding tert-OH is 1. The number of nitrogens with two attached hydrogens (primary N) is 1. The molecule has 6 heteroatoms. The second-order valence-electron chi connectivity index (χ2n) is 3.23. The Kier molecular flexibility index (Phi) is 5.46. The lowest BCUT2D eigenvalue weighted by molar-refractivity contribution is 0.248. The molecule has 0 bridgehead atoms. The normalized spacial score (nSPS) is 16.9. The Morgan fingerprint density at radius 1 is 1.38 bits per heavy atom. The van der Waals surface area contributed by atoms with E-state index >= 15 is 0 Å². The molecule has 4 N–H and O–H groups in total. The highest BCUT2D eigenvalue weighted by atomic mass is 32.2. The molecule has 13 heavy (non-hydrogen) atoms. The van der Waals surface area contributed by atoms with Gasteiger partial charge in [-0.2, -0.15) is 8.42 Å². The smallest absolute Gasteiger partial charge is 0.264 e. The number of hydrogen-bond donors (Lipinski definition) is 3. The molecule has 0 aromatic heterocycles. The third-order valence-corrected chi connectivity index (χ3v) is 2.78. The van der Waals surface area contributed by atoms with Crippen molar-refractivity contribution in [1.29, 1.82) is 0 Å². The molecule has 0 spiro atoms. The molecule has 0 amide bonds. The second kappa shape index (κ2) is 5.54. The summed E-state index contributed by atoms with van der Waals surface area (Å²) < 4.78 is 29.2. The van der Waals surface area contributed by atoms with Crippen LogP contribution in [-0.4, -0.2) is 36.5 Å². The quantitative estimate of drug-likeness (QED) is 0.519. The van der Waals surface area contributed by atoms with Crippen LogP contribution in [0.3, 0.4) is 0 Å². The average Bonchev–Trinajstić information content (AvgIpc) is 1.99. The van der Waals surface area contributed by atoms with E-state index in [0.29, 0.717) is 6.42 Å². The van der Waals surface area contributed by atoms with Crippen LogP contribution in [0.4, 0.5) is 0 Å². The van der Waals surface area contributed by atoms with Crippen molar-refractivity contribution in [3.63, 3.8) is 0 Å². The Labute approximate surface area is 78.7 Å². The zero-order chi connectivity index (χ0) is 10.5. The summed E-state index contributed by atoms with van der Waals surface area (Å²) in [6.07, 6.45) is 0.770. The van der Waals surface area contributed by atoms with Crippen molar-refractivity contribution in [3.8, 4) is 0 Å². The maximum Gasteiger partial charge on any atom is 0.264 e. The van der Waals surface area contributed by atoms with Gasteiger partial charge in [-0.15, -0.1) is 0 Å². The van der Waals surface area contributed by atoms with Crippen LogP contribution in [0.15, 0.2) is 0 Å². The second-order valence-corrected chi connectivity index (χ2v) is 4.80. The van der Waals surface area contributed by atoms with Crippen LogP contribution in [0.1, 0.15) is 19.8 Å². The Morgan fingerprint density at radius 3 is 2.31 bits per heavy atom. The molecule has 0 aliphatic carbocycles. The van der Waals surface area contributed by atoms with Crippen LogP contribution in [-0.2, 0) is 10.1 Å². The minimum atomic E-state index is -3.91. The molecule has 0 saturated heterocycles. The molecule has 0 aromatic carbocycles. The van der Waals surface area contributed by atoms with E-state index < -0.39 is 10.1 Å². The molecule has 0 heterocycles. The molecule has 0 fully saturated rings. The number of hydrogen-bond acceptors (Lipinski definition) is 4. The molecule has 0 aliphatic rings. The average molecular weight is 211 g/mol. The molecule has 5 nitrogen and oxygen atoms in total. The van der Waals surface area contributed by atoms with Crippen LogP contribution in [0, 0.1) is 5.92 Å². The molecule has 0 aromatic rings. The van der Waals surface area contributed by atoms with Crippen LogP contribution < -0.4 is 5.73 Å². The summed E-state index contributed by atoms with van der Waals surface area (Å²) in [6.45, 7) is 1.88. The van der Waals surface area contributed by atoms with Crippen LogP contribution >= 0.6 is 0 Å². The van der Waals surface area contributed by atoms with Crippen LogP contribution in [0.25, 0.3) is 0 Å². The van der Waals surface area contributed by atoms with Gasteiger partial charge in [-0.1, -0.05) is 6.92 Å².